The van der Waals surface area contributed by atoms with E-state index in [1.165, 1.54) is 11.8 Å². The van der Waals surface area contributed by atoms with Crippen LogP contribution in [0.1, 0.15) is 28.4 Å². The number of hydrogen-bond acceptors (Lipinski definition) is 4. The lowest BCUT2D eigenvalue weighted by Crippen LogP contribution is -2.30. The number of hydrogen-bond donors (Lipinski definition) is 3. The Morgan fingerprint density at radius 2 is 1.42 bits per heavy atom. The number of aryl methyl sites for hydroxylation is 1. The zero-order valence-electron chi connectivity index (χ0n) is 23.8. The minimum atomic E-state index is -0.463. The molecule has 0 aliphatic carbocycles. The molecule has 1 atom stereocenters. The molecule has 5 rings (SSSR count). The fourth-order valence-corrected chi connectivity index (χ4v) is 5.41. The van der Waals surface area contributed by atoms with Gasteiger partial charge in [-0.15, -0.1) is 11.8 Å². The van der Waals surface area contributed by atoms with Gasteiger partial charge in [-0.25, -0.2) is 0 Å². The van der Waals surface area contributed by atoms with E-state index in [0.29, 0.717) is 11.3 Å². The van der Waals surface area contributed by atoms with E-state index < -0.39 is 5.91 Å². The number of rotatable bonds is 9. The fraction of sp³-hybridized carbons (Fsp3) is 0.0833. The molecule has 7 heteroatoms. The molecule has 0 radical (unpaired) electrons. The van der Waals surface area contributed by atoms with Crippen LogP contribution in [0.3, 0.4) is 0 Å². The number of carbonyl (C=O) groups is 3. The van der Waals surface area contributed by atoms with Crippen molar-refractivity contribution in [2.75, 3.05) is 10.6 Å². The molecule has 5 aromatic rings. The van der Waals surface area contributed by atoms with Crippen LogP contribution in [0.2, 0.25) is 0 Å². The van der Waals surface area contributed by atoms with Crippen molar-refractivity contribution in [3.8, 4) is 0 Å². The van der Waals surface area contributed by atoms with Gasteiger partial charge in [-0.05, 0) is 78.7 Å². The number of amides is 3. The van der Waals surface area contributed by atoms with Crippen molar-refractivity contribution >= 4 is 57.7 Å². The van der Waals surface area contributed by atoms with Crippen LogP contribution in [-0.4, -0.2) is 23.0 Å². The molecule has 5 aromatic carbocycles. The third kappa shape index (κ3) is 7.99. The summed E-state index contributed by atoms with van der Waals surface area (Å²) in [5.74, 6) is -0.970. The molecule has 0 aliphatic heterocycles. The maximum absolute atomic E-state index is 13.4. The molecule has 0 saturated carbocycles. The van der Waals surface area contributed by atoms with Crippen molar-refractivity contribution < 1.29 is 14.4 Å². The highest BCUT2D eigenvalue weighted by molar-refractivity contribution is 8.00. The monoisotopic (exact) mass is 585 g/mol. The third-order valence-corrected chi connectivity index (χ3v) is 7.77. The van der Waals surface area contributed by atoms with Gasteiger partial charge in [0.2, 0.25) is 5.91 Å². The summed E-state index contributed by atoms with van der Waals surface area (Å²) in [6, 6.07) is 37.5. The Balaban J connectivity index is 1.28. The first-order chi connectivity index (χ1) is 20.8. The van der Waals surface area contributed by atoms with Crippen molar-refractivity contribution in [2.24, 2.45) is 0 Å². The number of anilines is 2. The van der Waals surface area contributed by atoms with E-state index in [2.05, 4.69) is 16.0 Å². The van der Waals surface area contributed by atoms with Crippen LogP contribution >= 0.6 is 11.8 Å². The summed E-state index contributed by atoms with van der Waals surface area (Å²) >= 11 is 1.39. The molecule has 1 unspecified atom stereocenters. The molecule has 3 N–H and O–H groups in total. The van der Waals surface area contributed by atoms with Crippen molar-refractivity contribution in [3.05, 3.63) is 144 Å². The van der Waals surface area contributed by atoms with Gasteiger partial charge >= 0.3 is 0 Å². The Hall–Kier alpha value is -5.14. The average molecular weight is 586 g/mol. The quantitative estimate of drug-likeness (QED) is 0.122. The lowest BCUT2D eigenvalue weighted by molar-refractivity contribution is -0.115. The predicted octanol–water partition coefficient (Wildman–Crippen LogP) is 7.68. The van der Waals surface area contributed by atoms with Crippen LogP contribution in [0.25, 0.3) is 16.8 Å². The second-order valence-corrected chi connectivity index (χ2v) is 11.5. The molecule has 0 fully saturated rings. The highest BCUT2D eigenvalue weighted by atomic mass is 32.2. The largest absolute Gasteiger partial charge is 0.325 e. The molecule has 0 heterocycles. The van der Waals surface area contributed by atoms with Crippen LogP contribution in [0.15, 0.2) is 132 Å². The topological polar surface area (TPSA) is 87.3 Å². The molecular weight excluding hydrogens is 554 g/mol. The second-order valence-electron chi connectivity index (χ2n) is 10.1. The van der Waals surface area contributed by atoms with Crippen molar-refractivity contribution in [3.63, 3.8) is 0 Å². The molecule has 214 valence electrons. The summed E-state index contributed by atoms with van der Waals surface area (Å²) < 4.78 is 0. The number of carbonyl (C=O) groups excluding carboxylic acids is 3. The Morgan fingerprint density at radius 3 is 2.21 bits per heavy atom. The van der Waals surface area contributed by atoms with Gasteiger partial charge in [0.15, 0.2) is 0 Å². The number of benzene rings is 5. The molecule has 6 nitrogen and oxygen atoms in total. The van der Waals surface area contributed by atoms with Crippen molar-refractivity contribution in [1.82, 2.24) is 5.32 Å². The molecule has 0 aromatic heterocycles. The molecule has 0 bridgehead atoms. The summed E-state index contributed by atoms with van der Waals surface area (Å²) in [6.07, 6.45) is 1.65. The van der Waals surface area contributed by atoms with E-state index >= 15 is 0 Å². The molecule has 3 amide bonds. The second kappa shape index (κ2) is 13.7. The number of fused-ring (bicyclic) bond motifs is 1. The van der Waals surface area contributed by atoms with Gasteiger partial charge in [0.05, 0.1) is 5.25 Å². The standard InChI is InChI=1S/C36H31N3O3S/c1-24-10-8-11-26(20-24)21-33(39-35(41)28-13-4-3-5-14-28)36(42)38-30-16-9-17-32(23-30)43-25(2)34(40)37-31-19-18-27-12-6-7-15-29(27)22-31/h3-23,25H,1-2H3,(H,37,40)(H,38,42)(H,39,41)/b33-21+. The zero-order valence-corrected chi connectivity index (χ0v) is 24.7. The predicted molar refractivity (Wildman–Crippen MR) is 176 cm³/mol. The van der Waals surface area contributed by atoms with Crippen LogP contribution < -0.4 is 16.0 Å². The maximum atomic E-state index is 13.4. The summed E-state index contributed by atoms with van der Waals surface area (Å²) in [7, 11) is 0. The van der Waals surface area contributed by atoms with E-state index in [9.17, 15) is 14.4 Å². The Bertz CT molecular complexity index is 1820. The van der Waals surface area contributed by atoms with Gasteiger partial charge in [-0.1, -0.05) is 84.4 Å². The van der Waals surface area contributed by atoms with Crippen LogP contribution in [0.4, 0.5) is 11.4 Å². The Morgan fingerprint density at radius 1 is 0.698 bits per heavy atom. The minimum Gasteiger partial charge on any atom is -0.325 e. The summed E-state index contributed by atoms with van der Waals surface area (Å²) in [5.41, 5.74) is 3.66. The third-order valence-electron chi connectivity index (χ3n) is 6.67. The first-order valence-corrected chi connectivity index (χ1v) is 14.7. The van der Waals surface area contributed by atoms with Gasteiger partial charge in [0.1, 0.15) is 5.70 Å². The number of thioether (sulfide) groups is 1. The van der Waals surface area contributed by atoms with Gasteiger partial charge < -0.3 is 16.0 Å². The lowest BCUT2D eigenvalue weighted by Gasteiger charge is -2.14. The highest BCUT2D eigenvalue weighted by Crippen LogP contribution is 2.27. The van der Waals surface area contributed by atoms with Gasteiger partial charge in [0, 0.05) is 21.8 Å². The van der Waals surface area contributed by atoms with Crippen LogP contribution in [0.5, 0.6) is 0 Å². The van der Waals surface area contributed by atoms with Crippen LogP contribution in [-0.2, 0) is 9.59 Å². The van der Waals surface area contributed by atoms with Crippen LogP contribution in [0, 0.1) is 6.92 Å². The summed E-state index contributed by atoms with van der Waals surface area (Å²) in [6.45, 7) is 3.81. The highest BCUT2D eigenvalue weighted by Gasteiger charge is 2.17. The summed E-state index contributed by atoms with van der Waals surface area (Å²) in [5, 5.41) is 10.4. The Labute approximate surface area is 255 Å². The smallest absolute Gasteiger partial charge is 0.272 e. The minimum absolute atomic E-state index is 0.112. The number of nitrogens with one attached hydrogen (secondary N) is 3. The van der Waals surface area contributed by atoms with Gasteiger partial charge in [-0.2, -0.15) is 0 Å². The van der Waals surface area contributed by atoms with E-state index in [-0.39, 0.29) is 22.8 Å². The zero-order chi connectivity index (χ0) is 30.2. The molecule has 0 saturated heterocycles. The average Bonchev–Trinajstić information content (AvgIpc) is 3.01. The SMILES string of the molecule is Cc1cccc(/C=C(/NC(=O)c2ccccc2)C(=O)Nc2cccc(SC(C)C(=O)Nc3ccc4ccccc4c3)c2)c1. The molecular formula is C36H31N3O3S. The van der Waals surface area contributed by atoms with Crippen molar-refractivity contribution in [1.29, 1.82) is 0 Å². The molecule has 43 heavy (non-hydrogen) atoms. The van der Waals surface area contributed by atoms with E-state index in [1.807, 2.05) is 105 Å². The van der Waals surface area contributed by atoms with E-state index in [1.54, 1.807) is 36.4 Å². The van der Waals surface area contributed by atoms with Gasteiger partial charge in [0.25, 0.3) is 11.8 Å². The normalized spacial score (nSPS) is 11.9. The molecule has 0 spiro atoms. The molecule has 0 aliphatic rings. The van der Waals surface area contributed by atoms with E-state index in [0.717, 1.165) is 32.5 Å². The van der Waals surface area contributed by atoms with E-state index in [4.69, 9.17) is 0 Å². The first-order valence-electron chi connectivity index (χ1n) is 13.9. The van der Waals surface area contributed by atoms with Crippen molar-refractivity contribution in [2.45, 2.75) is 24.0 Å². The van der Waals surface area contributed by atoms with Gasteiger partial charge in [-0.3, -0.25) is 14.4 Å². The Kier molecular flexibility index (Phi) is 9.34. The maximum Gasteiger partial charge on any atom is 0.272 e. The lowest BCUT2D eigenvalue weighted by atomic mass is 10.1. The fourth-order valence-electron chi connectivity index (χ4n) is 4.48. The summed E-state index contributed by atoms with van der Waals surface area (Å²) in [4.78, 5) is 40.2. The first kappa shape index (κ1) is 29.4.